The second kappa shape index (κ2) is 6.88. The van der Waals surface area contributed by atoms with E-state index in [-0.39, 0.29) is 31.1 Å². The maximum atomic E-state index is 12.2. The van der Waals surface area contributed by atoms with E-state index in [1.54, 1.807) is 0 Å². The van der Waals surface area contributed by atoms with Gasteiger partial charge in [0.05, 0.1) is 19.8 Å². The van der Waals surface area contributed by atoms with Crippen LogP contribution in [0.1, 0.15) is 23.2 Å². The Hall–Kier alpha value is -2.64. The first kappa shape index (κ1) is 15.7. The minimum atomic E-state index is -0.906. The van der Waals surface area contributed by atoms with E-state index in [4.69, 9.17) is 24.1 Å². The number of nitrogens with one attached hydrogen (secondary N) is 1. The van der Waals surface area contributed by atoms with Crippen LogP contribution in [0.2, 0.25) is 0 Å². The van der Waals surface area contributed by atoms with Gasteiger partial charge in [0, 0.05) is 19.0 Å². The van der Waals surface area contributed by atoms with Crippen LogP contribution in [0, 0.1) is 0 Å². The zero-order valence-electron chi connectivity index (χ0n) is 12.3. The third-order valence-electron chi connectivity index (χ3n) is 3.08. The lowest BCUT2D eigenvalue weighted by Crippen LogP contribution is -2.25. The van der Waals surface area contributed by atoms with Crippen molar-refractivity contribution in [3.8, 4) is 23.0 Å². The van der Waals surface area contributed by atoms with Gasteiger partial charge in [0.25, 0.3) is 5.91 Å². The highest BCUT2D eigenvalue weighted by Gasteiger charge is 2.29. The van der Waals surface area contributed by atoms with Gasteiger partial charge in [0.1, 0.15) is 0 Å². The van der Waals surface area contributed by atoms with Crippen LogP contribution in [0.4, 0.5) is 0 Å². The van der Waals surface area contributed by atoms with Crippen LogP contribution in [-0.2, 0) is 4.79 Å². The number of fused-ring (bicyclic) bond motifs is 1. The molecule has 22 heavy (non-hydrogen) atoms. The number of carbonyl (C=O) groups is 2. The number of amides is 1. The van der Waals surface area contributed by atoms with Crippen molar-refractivity contribution in [2.24, 2.45) is 0 Å². The molecule has 0 saturated carbocycles. The van der Waals surface area contributed by atoms with Crippen LogP contribution in [0.5, 0.6) is 23.0 Å². The summed E-state index contributed by atoms with van der Waals surface area (Å²) < 4.78 is 21.0. The maximum Gasteiger partial charge on any atom is 0.303 e. The number of carboxylic acids is 1. The van der Waals surface area contributed by atoms with E-state index in [1.807, 2.05) is 0 Å². The Labute approximate surface area is 126 Å². The maximum absolute atomic E-state index is 12.2. The van der Waals surface area contributed by atoms with Crippen LogP contribution in [0.25, 0.3) is 0 Å². The van der Waals surface area contributed by atoms with Crippen LogP contribution in [-0.4, -0.2) is 44.5 Å². The fourth-order valence-electron chi connectivity index (χ4n) is 2.07. The molecule has 1 heterocycles. The highest BCUT2D eigenvalue weighted by atomic mass is 16.7. The van der Waals surface area contributed by atoms with Crippen molar-refractivity contribution >= 4 is 11.9 Å². The molecule has 2 N–H and O–H groups in total. The van der Waals surface area contributed by atoms with Crippen LogP contribution < -0.4 is 24.3 Å². The molecule has 1 aliphatic rings. The summed E-state index contributed by atoms with van der Waals surface area (Å²) in [5.41, 5.74) is 0.235. The number of ether oxygens (including phenoxy) is 4. The first-order valence-corrected chi connectivity index (χ1v) is 6.63. The van der Waals surface area contributed by atoms with E-state index in [0.717, 1.165) is 0 Å². The second-order valence-corrected chi connectivity index (χ2v) is 4.48. The van der Waals surface area contributed by atoms with Crippen LogP contribution in [0.3, 0.4) is 0 Å². The largest absolute Gasteiger partial charge is 0.493 e. The molecule has 0 aromatic heterocycles. The molecule has 2 rings (SSSR count). The smallest absolute Gasteiger partial charge is 0.303 e. The summed E-state index contributed by atoms with van der Waals surface area (Å²) in [6.07, 6.45) is 0.326. The van der Waals surface area contributed by atoms with Gasteiger partial charge >= 0.3 is 5.97 Å². The molecule has 0 unspecified atom stereocenters. The summed E-state index contributed by atoms with van der Waals surface area (Å²) in [5.74, 6) is 0.0164. The van der Waals surface area contributed by atoms with Crippen molar-refractivity contribution < 1.29 is 33.6 Å². The summed E-state index contributed by atoms with van der Waals surface area (Å²) in [6, 6.07) is 1.50. The molecule has 8 nitrogen and oxygen atoms in total. The number of hydrogen-bond acceptors (Lipinski definition) is 6. The van der Waals surface area contributed by atoms with Crippen molar-refractivity contribution in [2.75, 3.05) is 27.6 Å². The number of aliphatic carboxylic acids is 1. The van der Waals surface area contributed by atoms with E-state index < -0.39 is 11.9 Å². The van der Waals surface area contributed by atoms with Gasteiger partial charge in [-0.15, -0.1) is 0 Å². The molecule has 1 aromatic rings. The molecule has 0 spiro atoms. The van der Waals surface area contributed by atoms with Gasteiger partial charge in [-0.1, -0.05) is 0 Å². The summed E-state index contributed by atoms with van der Waals surface area (Å²) in [7, 11) is 2.88. The summed E-state index contributed by atoms with van der Waals surface area (Å²) in [6.45, 7) is 0.261. The molecule has 0 saturated heterocycles. The Balaban J connectivity index is 2.19. The lowest BCUT2D eigenvalue weighted by Gasteiger charge is -2.13. The molecule has 1 amide bonds. The second-order valence-electron chi connectivity index (χ2n) is 4.48. The monoisotopic (exact) mass is 311 g/mol. The fourth-order valence-corrected chi connectivity index (χ4v) is 2.07. The number of benzene rings is 1. The lowest BCUT2D eigenvalue weighted by molar-refractivity contribution is -0.137. The zero-order valence-corrected chi connectivity index (χ0v) is 12.3. The SMILES string of the molecule is COc1cc(C(=O)NCCCC(=O)O)c(OC)c2c1OCO2. The Kier molecular flexibility index (Phi) is 4.92. The predicted octanol–water partition coefficient (Wildman–Crippen LogP) is 1.03. The van der Waals surface area contributed by atoms with Crippen molar-refractivity contribution in [1.29, 1.82) is 0 Å². The van der Waals surface area contributed by atoms with Gasteiger partial charge in [0.15, 0.2) is 11.5 Å². The van der Waals surface area contributed by atoms with Crippen molar-refractivity contribution in [1.82, 2.24) is 5.32 Å². The van der Waals surface area contributed by atoms with Gasteiger partial charge in [-0.2, -0.15) is 0 Å². The molecule has 0 fully saturated rings. The van der Waals surface area contributed by atoms with Crippen molar-refractivity contribution in [3.63, 3.8) is 0 Å². The van der Waals surface area contributed by atoms with Crippen molar-refractivity contribution in [2.45, 2.75) is 12.8 Å². The molecular formula is C14H17NO7. The van der Waals surface area contributed by atoms with E-state index in [2.05, 4.69) is 5.32 Å². The summed E-state index contributed by atoms with van der Waals surface area (Å²) >= 11 is 0. The average molecular weight is 311 g/mol. The van der Waals surface area contributed by atoms with Gasteiger partial charge in [-0.05, 0) is 6.42 Å². The minimum absolute atomic E-state index is 0.0120. The number of rotatable bonds is 7. The topological polar surface area (TPSA) is 103 Å². The molecule has 1 aromatic carbocycles. The highest BCUT2D eigenvalue weighted by molar-refractivity contribution is 5.99. The third-order valence-corrected chi connectivity index (χ3v) is 3.08. The highest BCUT2D eigenvalue weighted by Crippen LogP contribution is 2.49. The van der Waals surface area contributed by atoms with E-state index in [9.17, 15) is 9.59 Å². The zero-order chi connectivity index (χ0) is 16.1. The molecule has 0 radical (unpaired) electrons. The van der Waals surface area contributed by atoms with Crippen molar-refractivity contribution in [3.05, 3.63) is 11.6 Å². The standard InChI is InChI=1S/C14H17NO7/c1-19-9-6-8(14(18)15-5-3-4-10(16)17)11(20-2)13-12(9)21-7-22-13/h6H,3-5,7H2,1-2H3,(H,15,18)(H,16,17). The summed E-state index contributed by atoms with van der Waals surface area (Å²) in [4.78, 5) is 22.7. The van der Waals surface area contributed by atoms with Crippen LogP contribution in [0.15, 0.2) is 6.07 Å². The summed E-state index contributed by atoms with van der Waals surface area (Å²) in [5, 5.41) is 11.2. The third kappa shape index (κ3) is 3.16. The number of carbonyl (C=O) groups excluding carboxylic acids is 1. The van der Waals surface area contributed by atoms with E-state index in [0.29, 0.717) is 23.7 Å². The quantitative estimate of drug-likeness (QED) is 0.725. The number of carboxylic acid groups (broad SMARTS) is 1. The molecule has 8 heteroatoms. The molecule has 0 aliphatic carbocycles. The molecular weight excluding hydrogens is 294 g/mol. The molecule has 120 valence electrons. The van der Waals surface area contributed by atoms with Crippen LogP contribution >= 0.6 is 0 Å². The first-order chi connectivity index (χ1) is 10.6. The molecule has 0 bridgehead atoms. The predicted molar refractivity (Wildman–Crippen MR) is 74.9 cm³/mol. The van der Waals surface area contributed by atoms with Gasteiger partial charge < -0.3 is 29.4 Å². The minimum Gasteiger partial charge on any atom is -0.493 e. The van der Waals surface area contributed by atoms with E-state index >= 15 is 0 Å². The Bertz CT molecular complexity index is 585. The Morgan fingerprint density at radius 3 is 2.64 bits per heavy atom. The fraction of sp³-hybridized carbons (Fsp3) is 0.429. The normalized spacial score (nSPS) is 11.9. The lowest BCUT2D eigenvalue weighted by atomic mass is 10.1. The average Bonchev–Trinajstić information content (AvgIpc) is 2.98. The Morgan fingerprint density at radius 2 is 2.00 bits per heavy atom. The molecule has 0 atom stereocenters. The first-order valence-electron chi connectivity index (χ1n) is 6.63. The molecule has 1 aliphatic heterocycles. The Morgan fingerprint density at radius 1 is 1.27 bits per heavy atom. The van der Waals surface area contributed by atoms with Gasteiger partial charge in [-0.25, -0.2) is 0 Å². The number of hydrogen-bond donors (Lipinski definition) is 2. The van der Waals surface area contributed by atoms with Gasteiger partial charge in [0.2, 0.25) is 18.3 Å². The number of methoxy groups -OCH3 is 2. The van der Waals surface area contributed by atoms with Gasteiger partial charge in [-0.3, -0.25) is 9.59 Å². The van der Waals surface area contributed by atoms with E-state index in [1.165, 1.54) is 20.3 Å².